The summed E-state index contributed by atoms with van der Waals surface area (Å²) >= 11 is 0. The lowest BCUT2D eigenvalue weighted by molar-refractivity contribution is 0.0752. The van der Waals surface area contributed by atoms with Gasteiger partial charge in [0, 0.05) is 25.2 Å². The number of sulfonamides is 1. The quantitative estimate of drug-likeness (QED) is 0.784. The highest BCUT2D eigenvalue weighted by atomic mass is 32.2. The molecule has 1 aromatic heterocycles. The average Bonchev–Trinajstić information content (AvgIpc) is 3.19. The van der Waals surface area contributed by atoms with Crippen molar-refractivity contribution in [1.82, 2.24) is 9.21 Å². The van der Waals surface area contributed by atoms with Crippen molar-refractivity contribution < 1.29 is 17.6 Å². The SMILES string of the molecule is COCc1ccc(S(=O)(=O)N2[C@@H]3CC[C@H]2CC(N2CCC(C)CC2)C3)o1. The van der Waals surface area contributed by atoms with Crippen LogP contribution in [0, 0.1) is 5.92 Å². The lowest BCUT2D eigenvalue weighted by Crippen LogP contribution is -2.53. The van der Waals surface area contributed by atoms with Crippen LogP contribution >= 0.6 is 0 Å². The molecule has 0 N–H and O–H groups in total. The van der Waals surface area contributed by atoms with Crippen LogP contribution in [0.2, 0.25) is 0 Å². The van der Waals surface area contributed by atoms with E-state index in [-0.39, 0.29) is 23.8 Å². The molecule has 1 aromatic rings. The van der Waals surface area contributed by atoms with E-state index in [1.54, 1.807) is 23.5 Å². The average molecular weight is 383 g/mol. The molecule has 0 amide bonds. The lowest BCUT2D eigenvalue weighted by atomic mass is 9.93. The van der Waals surface area contributed by atoms with Gasteiger partial charge in [-0.25, -0.2) is 8.42 Å². The monoisotopic (exact) mass is 382 g/mol. The fourth-order valence-electron chi connectivity index (χ4n) is 5.01. The predicted molar refractivity (Wildman–Crippen MR) is 98.2 cm³/mol. The maximum Gasteiger partial charge on any atom is 0.276 e. The second-order valence-corrected chi connectivity index (χ2v) is 9.99. The summed E-state index contributed by atoms with van der Waals surface area (Å²) in [7, 11) is -1.99. The molecule has 0 spiro atoms. The molecule has 146 valence electrons. The Balaban J connectivity index is 1.49. The topological polar surface area (TPSA) is 63.0 Å². The molecule has 4 heterocycles. The summed E-state index contributed by atoms with van der Waals surface area (Å²) in [5, 5.41) is 0.0618. The largest absolute Gasteiger partial charge is 0.446 e. The summed E-state index contributed by atoms with van der Waals surface area (Å²) in [6, 6.07) is 4.02. The van der Waals surface area contributed by atoms with Crippen LogP contribution in [0.25, 0.3) is 0 Å². The van der Waals surface area contributed by atoms with Gasteiger partial charge in [-0.05, 0) is 69.7 Å². The Labute approximate surface area is 156 Å². The number of rotatable bonds is 5. The standard InChI is InChI=1S/C19H30N2O4S/c1-14-7-9-20(10-8-14)17-11-15-3-4-16(12-17)21(15)26(22,23)19-6-5-18(25-19)13-24-2/h5-6,14-17H,3-4,7-13H2,1-2H3/t15-,16+,17?. The first kappa shape index (κ1) is 18.5. The second kappa shape index (κ2) is 7.26. The molecule has 6 nitrogen and oxygen atoms in total. The molecule has 1 unspecified atom stereocenters. The minimum absolute atomic E-state index is 0.0618. The molecule has 0 aromatic carbocycles. The molecule has 0 aliphatic carbocycles. The number of ether oxygens (including phenoxy) is 1. The van der Waals surface area contributed by atoms with Crippen LogP contribution in [-0.4, -0.2) is 55.9 Å². The first-order valence-electron chi connectivity index (χ1n) is 9.84. The molecule has 3 saturated heterocycles. The Morgan fingerprint density at radius 1 is 1.08 bits per heavy atom. The third-order valence-electron chi connectivity index (χ3n) is 6.43. The van der Waals surface area contributed by atoms with Crippen molar-refractivity contribution in [2.45, 2.75) is 75.3 Å². The number of likely N-dealkylation sites (tertiary alicyclic amines) is 1. The van der Waals surface area contributed by atoms with Gasteiger partial charge in [0.25, 0.3) is 10.0 Å². The van der Waals surface area contributed by atoms with E-state index in [0.29, 0.717) is 11.8 Å². The van der Waals surface area contributed by atoms with Gasteiger partial charge < -0.3 is 14.1 Å². The smallest absolute Gasteiger partial charge is 0.276 e. The van der Waals surface area contributed by atoms with Crippen molar-refractivity contribution in [2.24, 2.45) is 5.92 Å². The van der Waals surface area contributed by atoms with E-state index in [4.69, 9.17) is 9.15 Å². The van der Waals surface area contributed by atoms with Crippen LogP contribution in [0.1, 0.15) is 51.2 Å². The molecular formula is C19H30N2O4S. The predicted octanol–water partition coefficient (Wildman–Crippen LogP) is 2.84. The maximum absolute atomic E-state index is 13.2. The molecule has 3 atom stereocenters. The Kier molecular flexibility index (Phi) is 5.16. The molecule has 3 aliphatic rings. The number of hydrogen-bond acceptors (Lipinski definition) is 5. The molecule has 7 heteroatoms. The molecule has 2 bridgehead atoms. The number of methoxy groups -OCH3 is 1. The van der Waals surface area contributed by atoms with Crippen molar-refractivity contribution in [1.29, 1.82) is 0 Å². The van der Waals surface area contributed by atoms with Gasteiger partial charge in [-0.15, -0.1) is 0 Å². The molecule has 0 radical (unpaired) electrons. The Morgan fingerprint density at radius 2 is 1.73 bits per heavy atom. The highest BCUT2D eigenvalue weighted by Crippen LogP contribution is 2.42. The summed E-state index contributed by atoms with van der Waals surface area (Å²) in [6.07, 6.45) is 6.38. The van der Waals surface area contributed by atoms with E-state index < -0.39 is 10.0 Å². The summed E-state index contributed by atoms with van der Waals surface area (Å²) in [4.78, 5) is 2.61. The van der Waals surface area contributed by atoms with Crippen molar-refractivity contribution in [3.8, 4) is 0 Å². The van der Waals surface area contributed by atoms with Gasteiger partial charge in [0.2, 0.25) is 5.09 Å². The van der Waals surface area contributed by atoms with E-state index in [9.17, 15) is 8.42 Å². The van der Waals surface area contributed by atoms with Gasteiger partial charge in [-0.1, -0.05) is 6.92 Å². The molecular weight excluding hydrogens is 352 g/mol. The zero-order chi connectivity index (χ0) is 18.3. The second-order valence-electron chi connectivity index (χ2n) is 8.22. The lowest BCUT2D eigenvalue weighted by Gasteiger charge is -2.44. The number of fused-ring (bicyclic) bond motifs is 2. The van der Waals surface area contributed by atoms with Gasteiger partial charge in [-0.3, -0.25) is 0 Å². The van der Waals surface area contributed by atoms with Gasteiger partial charge in [-0.2, -0.15) is 4.31 Å². The number of furan rings is 1. The van der Waals surface area contributed by atoms with Crippen LogP contribution in [0.4, 0.5) is 0 Å². The summed E-state index contributed by atoms with van der Waals surface area (Å²) in [6.45, 7) is 4.95. The van der Waals surface area contributed by atoms with Crippen LogP contribution in [0.3, 0.4) is 0 Å². The minimum atomic E-state index is -3.57. The normalized spacial score (nSPS) is 31.5. The van der Waals surface area contributed by atoms with Crippen molar-refractivity contribution in [3.05, 3.63) is 17.9 Å². The van der Waals surface area contributed by atoms with Crippen molar-refractivity contribution >= 4 is 10.0 Å². The molecule has 4 rings (SSSR count). The Hall–Kier alpha value is -0.890. The van der Waals surface area contributed by atoms with E-state index in [2.05, 4.69) is 11.8 Å². The Bertz CT molecular complexity index is 710. The highest BCUT2D eigenvalue weighted by molar-refractivity contribution is 7.89. The zero-order valence-electron chi connectivity index (χ0n) is 15.8. The summed E-state index contributed by atoms with van der Waals surface area (Å²) in [5.41, 5.74) is 0. The molecule has 3 aliphatic heterocycles. The molecule has 3 fully saturated rings. The van der Waals surface area contributed by atoms with E-state index in [1.807, 2.05) is 0 Å². The number of nitrogens with zero attached hydrogens (tertiary/aromatic N) is 2. The fraction of sp³-hybridized carbons (Fsp3) is 0.789. The van der Waals surface area contributed by atoms with Crippen molar-refractivity contribution in [3.63, 3.8) is 0 Å². The van der Waals surface area contributed by atoms with E-state index >= 15 is 0 Å². The van der Waals surface area contributed by atoms with Gasteiger partial charge in [0.05, 0.1) is 0 Å². The molecule has 0 saturated carbocycles. The van der Waals surface area contributed by atoms with Crippen LogP contribution in [-0.2, 0) is 21.4 Å². The van der Waals surface area contributed by atoms with Crippen LogP contribution in [0.5, 0.6) is 0 Å². The zero-order valence-corrected chi connectivity index (χ0v) is 16.6. The first-order valence-corrected chi connectivity index (χ1v) is 11.3. The van der Waals surface area contributed by atoms with Crippen LogP contribution < -0.4 is 0 Å². The van der Waals surface area contributed by atoms with E-state index in [1.165, 1.54) is 12.8 Å². The van der Waals surface area contributed by atoms with Gasteiger partial charge >= 0.3 is 0 Å². The number of hydrogen-bond donors (Lipinski definition) is 0. The summed E-state index contributed by atoms with van der Waals surface area (Å²) in [5.74, 6) is 1.37. The Morgan fingerprint density at radius 3 is 2.35 bits per heavy atom. The van der Waals surface area contributed by atoms with E-state index in [0.717, 1.165) is 44.7 Å². The molecule has 26 heavy (non-hydrogen) atoms. The number of piperidine rings is 2. The third-order valence-corrected chi connectivity index (χ3v) is 8.31. The fourth-order valence-corrected chi connectivity index (χ4v) is 6.84. The van der Waals surface area contributed by atoms with Crippen molar-refractivity contribution in [2.75, 3.05) is 20.2 Å². The van der Waals surface area contributed by atoms with Crippen LogP contribution in [0.15, 0.2) is 21.6 Å². The first-order chi connectivity index (χ1) is 12.5. The van der Waals surface area contributed by atoms with Gasteiger partial charge in [0.1, 0.15) is 12.4 Å². The third kappa shape index (κ3) is 3.35. The van der Waals surface area contributed by atoms with Gasteiger partial charge in [0.15, 0.2) is 0 Å². The summed E-state index contributed by atoms with van der Waals surface area (Å²) < 4.78 is 38.7. The highest BCUT2D eigenvalue weighted by Gasteiger charge is 2.49. The minimum Gasteiger partial charge on any atom is -0.446 e. The maximum atomic E-state index is 13.2.